The minimum atomic E-state index is 0.268. The molecule has 3 rings (SSSR count). The Morgan fingerprint density at radius 3 is 3.00 bits per heavy atom. The zero-order valence-corrected chi connectivity index (χ0v) is 12.4. The van der Waals surface area contributed by atoms with Crippen LogP contribution in [-0.4, -0.2) is 53.3 Å². The van der Waals surface area contributed by atoms with Crippen molar-refractivity contribution in [2.24, 2.45) is 0 Å². The molecule has 1 saturated carbocycles. The van der Waals surface area contributed by atoms with E-state index in [2.05, 4.69) is 27.1 Å². The topological polar surface area (TPSA) is 50.3 Å². The minimum absolute atomic E-state index is 0.268. The maximum atomic E-state index is 5.85. The summed E-state index contributed by atoms with van der Waals surface area (Å²) in [5, 5.41) is 3.41. The number of aryl methyl sites for hydroxylation is 2. The molecule has 1 aromatic heterocycles. The summed E-state index contributed by atoms with van der Waals surface area (Å²) >= 11 is 0. The van der Waals surface area contributed by atoms with E-state index in [4.69, 9.17) is 4.74 Å². The van der Waals surface area contributed by atoms with E-state index in [0.29, 0.717) is 0 Å². The SMILES string of the molecule is CCc1cc(NCC2CN(C3CC3)CCO2)nc(C)n1. The number of hydrogen-bond donors (Lipinski definition) is 1. The van der Waals surface area contributed by atoms with Crippen molar-refractivity contribution in [2.75, 3.05) is 31.6 Å². The summed E-state index contributed by atoms with van der Waals surface area (Å²) in [6, 6.07) is 2.86. The molecule has 20 heavy (non-hydrogen) atoms. The Balaban J connectivity index is 1.54. The van der Waals surface area contributed by atoms with Crippen molar-refractivity contribution in [3.05, 3.63) is 17.6 Å². The first kappa shape index (κ1) is 13.8. The molecule has 0 spiro atoms. The zero-order valence-electron chi connectivity index (χ0n) is 12.4. The number of rotatable bonds is 5. The fraction of sp³-hybridized carbons (Fsp3) is 0.733. The van der Waals surface area contributed by atoms with Crippen molar-refractivity contribution in [3.8, 4) is 0 Å². The smallest absolute Gasteiger partial charge is 0.130 e. The average Bonchev–Trinajstić information content (AvgIpc) is 3.29. The molecule has 110 valence electrons. The van der Waals surface area contributed by atoms with Crippen LogP contribution in [0.3, 0.4) is 0 Å². The van der Waals surface area contributed by atoms with Gasteiger partial charge in [0.05, 0.1) is 12.7 Å². The van der Waals surface area contributed by atoms with Gasteiger partial charge in [0.1, 0.15) is 11.6 Å². The number of ether oxygens (including phenoxy) is 1. The van der Waals surface area contributed by atoms with Gasteiger partial charge in [-0.15, -0.1) is 0 Å². The fourth-order valence-corrected chi connectivity index (χ4v) is 2.76. The summed E-state index contributed by atoms with van der Waals surface area (Å²) in [4.78, 5) is 11.4. The number of hydrogen-bond acceptors (Lipinski definition) is 5. The van der Waals surface area contributed by atoms with Crippen LogP contribution in [0.1, 0.15) is 31.3 Å². The van der Waals surface area contributed by atoms with Gasteiger partial charge in [-0.05, 0) is 26.2 Å². The van der Waals surface area contributed by atoms with Crippen LogP contribution in [0.2, 0.25) is 0 Å². The first-order valence-electron chi connectivity index (χ1n) is 7.68. The molecule has 0 amide bonds. The van der Waals surface area contributed by atoms with Gasteiger partial charge in [0.25, 0.3) is 0 Å². The average molecular weight is 276 g/mol. The van der Waals surface area contributed by atoms with Gasteiger partial charge in [0.15, 0.2) is 0 Å². The molecule has 1 unspecified atom stereocenters. The monoisotopic (exact) mass is 276 g/mol. The van der Waals surface area contributed by atoms with Crippen LogP contribution in [0.4, 0.5) is 5.82 Å². The van der Waals surface area contributed by atoms with E-state index in [-0.39, 0.29) is 6.10 Å². The van der Waals surface area contributed by atoms with Crippen molar-refractivity contribution in [1.82, 2.24) is 14.9 Å². The van der Waals surface area contributed by atoms with Crippen LogP contribution in [0, 0.1) is 6.92 Å². The van der Waals surface area contributed by atoms with Gasteiger partial charge < -0.3 is 10.1 Å². The van der Waals surface area contributed by atoms with E-state index in [1.165, 1.54) is 12.8 Å². The molecule has 1 aromatic rings. The van der Waals surface area contributed by atoms with Gasteiger partial charge in [-0.3, -0.25) is 4.90 Å². The quantitative estimate of drug-likeness (QED) is 0.885. The lowest BCUT2D eigenvalue weighted by Gasteiger charge is -2.33. The Bertz CT molecular complexity index is 461. The number of nitrogens with one attached hydrogen (secondary N) is 1. The molecule has 2 fully saturated rings. The molecular formula is C15H24N4O. The minimum Gasteiger partial charge on any atom is -0.374 e. The molecular weight excluding hydrogens is 252 g/mol. The van der Waals surface area contributed by atoms with Crippen molar-refractivity contribution in [2.45, 2.75) is 45.3 Å². The van der Waals surface area contributed by atoms with Gasteiger partial charge in [-0.2, -0.15) is 0 Å². The molecule has 1 saturated heterocycles. The molecule has 0 radical (unpaired) electrons. The third-order valence-electron chi connectivity index (χ3n) is 4.00. The molecule has 1 N–H and O–H groups in total. The van der Waals surface area contributed by atoms with Gasteiger partial charge in [0, 0.05) is 37.4 Å². The Hall–Kier alpha value is -1.20. The summed E-state index contributed by atoms with van der Waals surface area (Å²) in [6.45, 7) is 7.87. The van der Waals surface area contributed by atoms with Gasteiger partial charge in [-0.1, -0.05) is 6.92 Å². The molecule has 0 bridgehead atoms. The Kier molecular flexibility index (Phi) is 4.17. The van der Waals surface area contributed by atoms with Crippen LogP contribution in [0.25, 0.3) is 0 Å². The highest BCUT2D eigenvalue weighted by molar-refractivity contribution is 5.36. The highest BCUT2D eigenvalue weighted by Crippen LogP contribution is 2.28. The number of morpholine rings is 1. The second-order valence-electron chi connectivity index (χ2n) is 5.75. The van der Waals surface area contributed by atoms with Gasteiger partial charge in [0.2, 0.25) is 0 Å². The van der Waals surface area contributed by atoms with Crippen molar-refractivity contribution >= 4 is 5.82 Å². The Labute approximate surface area is 120 Å². The molecule has 5 heteroatoms. The van der Waals surface area contributed by atoms with E-state index < -0.39 is 0 Å². The van der Waals surface area contributed by atoms with E-state index in [9.17, 15) is 0 Å². The van der Waals surface area contributed by atoms with E-state index in [0.717, 1.165) is 56.0 Å². The Morgan fingerprint density at radius 1 is 1.40 bits per heavy atom. The maximum absolute atomic E-state index is 5.85. The highest BCUT2D eigenvalue weighted by Gasteiger charge is 2.32. The summed E-state index contributed by atoms with van der Waals surface area (Å²) in [5.74, 6) is 1.75. The molecule has 1 aliphatic heterocycles. The summed E-state index contributed by atoms with van der Waals surface area (Å²) in [7, 11) is 0. The molecule has 1 aliphatic carbocycles. The second-order valence-corrected chi connectivity index (χ2v) is 5.75. The Morgan fingerprint density at radius 2 is 2.25 bits per heavy atom. The predicted octanol–water partition coefficient (Wildman–Crippen LogP) is 1.62. The zero-order chi connectivity index (χ0) is 13.9. The molecule has 2 aliphatic rings. The molecule has 2 heterocycles. The lowest BCUT2D eigenvalue weighted by Crippen LogP contribution is -2.46. The third kappa shape index (κ3) is 3.46. The lowest BCUT2D eigenvalue weighted by molar-refractivity contribution is -0.0241. The van der Waals surface area contributed by atoms with Crippen LogP contribution < -0.4 is 5.32 Å². The van der Waals surface area contributed by atoms with E-state index >= 15 is 0 Å². The van der Waals surface area contributed by atoms with E-state index in [1.807, 2.05) is 13.0 Å². The van der Waals surface area contributed by atoms with Crippen molar-refractivity contribution in [1.29, 1.82) is 0 Å². The fourth-order valence-electron chi connectivity index (χ4n) is 2.76. The largest absolute Gasteiger partial charge is 0.374 e. The predicted molar refractivity (Wildman–Crippen MR) is 79.0 cm³/mol. The second kappa shape index (κ2) is 6.06. The standard InChI is InChI=1S/C15H24N4O/c1-3-12-8-15(18-11(2)17-12)16-9-14-10-19(6-7-20-14)13-4-5-13/h8,13-14H,3-7,9-10H2,1-2H3,(H,16,17,18). The lowest BCUT2D eigenvalue weighted by atomic mass is 10.2. The van der Waals surface area contributed by atoms with Crippen LogP contribution >= 0.6 is 0 Å². The first-order valence-corrected chi connectivity index (χ1v) is 7.68. The van der Waals surface area contributed by atoms with Crippen molar-refractivity contribution in [3.63, 3.8) is 0 Å². The summed E-state index contributed by atoms with van der Waals surface area (Å²) in [6.07, 6.45) is 3.94. The van der Waals surface area contributed by atoms with Gasteiger partial charge in [-0.25, -0.2) is 9.97 Å². The maximum Gasteiger partial charge on any atom is 0.130 e. The number of nitrogens with zero attached hydrogens (tertiary/aromatic N) is 3. The van der Waals surface area contributed by atoms with Gasteiger partial charge >= 0.3 is 0 Å². The normalized spacial score (nSPS) is 23.8. The number of anilines is 1. The first-order chi connectivity index (χ1) is 9.74. The summed E-state index contributed by atoms with van der Waals surface area (Å²) < 4.78 is 5.85. The van der Waals surface area contributed by atoms with Crippen LogP contribution in [0.5, 0.6) is 0 Å². The van der Waals surface area contributed by atoms with Crippen LogP contribution in [-0.2, 0) is 11.2 Å². The number of aromatic nitrogens is 2. The van der Waals surface area contributed by atoms with E-state index in [1.54, 1.807) is 0 Å². The van der Waals surface area contributed by atoms with Crippen LogP contribution in [0.15, 0.2) is 6.07 Å². The molecule has 0 aromatic carbocycles. The molecule has 5 nitrogen and oxygen atoms in total. The van der Waals surface area contributed by atoms with Crippen molar-refractivity contribution < 1.29 is 4.74 Å². The molecule has 1 atom stereocenters. The third-order valence-corrected chi connectivity index (χ3v) is 4.00. The highest BCUT2D eigenvalue weighted by atomic mass is 16.5. The summed E-state index contributed by atoms with van der Waals surface area (Å²) in [5.41, 5.74) is 1.09.